The second-order valence-corrected chi connectivity index (χ2v) is 6.20. The Bertz CT molecular complexity index is 973. The number of ketones is 1. The van der Waals surface area contributed by atoms with Crippen molar-refractivity contribution in [3.8, 4) is 0 Å². The molecule has 3 rings (SSSR count). The molecule has 0 aliphatic carbocycles. The summed E-state index contributed by atoms with van der Waals surface area (Å²) in [4.78, 5) is 38.2. The number of carbonyl (C=O) groups is 3. The maximum absolute atomic E-state index is 11.9. The van der Waals surface area contributed by atoms with Crippen LogP contribution in [-0.4, -0.2) is 29.3 Å². The van der Waals surface area contributed by atoms with Crippen LogP contribution in [0.15, 0.2) is 54.7 Å². The number of para-hydroxylation sites is 1. The highest BCUT2D eigenvalue weighted by Gasteiger charge is 2.10. The number of ether oxygens (including phenoxy) is 1. The third-order valence-electron chi connectivity index (χ3n) is 4.21. The maximum Gasteiger partial charge on any atom is 0.306 e. The lowest BCUT2D eigenvalue weighted by Crippen LogP contribution is -2.21. The van der Waals surface area contributed by atoms with Crippen LogP contribution in [0, 0.1) is 0 Å². The molecule has 0 spiro atoms. The molecule has 0 aliphatic rings. The summed E-state index contributed by atoms with van der Waals surface area (Å²) < 4.78 is 5.03. The standard InChI is InChI=1S/C21H20N2O4/c1-14(24)15-6-9-17(10-7-15)23-20(25)13-27-21(26)11-8-16-12-22-19-5-3-2-4-18(16)19/h2-7,9-10,12,22H,8,11,13H2,1H3,(H,23,25). The van der Waals surface area contributed by atoms with Gasteiger partial charge in [0.1, 0.15) is 0 Å². The van der Waals surface area contributed by atoms with E-state index in [1.165, 1.54) is 6.92 Å². The zero-order chi connectivity index (χ0) is 19.2. The number of rotatable bonds is 7. The molecule has 6 nitrogen and oxygen atoms in total. The van der Waals surface area contributed by atoms with Gasteiger partial charge in [0, 0.05) is 34.8 Å². The molecule has 27 heavy (non-hydrogen) atoms. The Kier molecular flexibility index (Phi) is 5.66. The first-order valence-electron chi connectivity index (χ1n) is 8.64. The summed E-state index contributed by atoms with van der Waals surface area (Å²) in [6, 6.07) is 14.4. The molecule has 0 radical (unpaired) electrons. The number of aromatic amines is 1. The van der Waals surface area contributed by atoms with Gasteiger partial charge in [0.15, 0.2) is 12.4 Å². The first kappa shape index (κ1) is 18.4. The fourth-order valence-electron chi connectivity index (χ4n) is 2.78. The van der Waals surface area contributed by atoms with Gasteiger partial charge in [-0.25, -0.2) is 0 Å². The van der Waals surface area contributed by atoms with Gasteiger partial charge < -0.3 is 15.0 Å². The molecule has 0 saturated heterocycles. The topological polar surface area (TPSA) is 88.3 Å². The summed E-state index contributed by atoms with van der Waals surface area (Å²) in [6.07, 6.45) is 2.62. The molecule has 3 aromatic rings. The number of aryl methyl sites for hydroxylation is 1. The lowest BCUT2D eigenvalue weighted by Gasteiger charge is -2.07. The van der Waals surface area contributed by atoms with E-state index in [4.69, 9.17) is 4.74 Å². The van der Waals surface area contributed by atoms with E-state index in [-0.39, 0.29) is 18.8 Å². The number of H-pyrrole nitrogens is 1. The number of aromatic nitrogens is 1. The van der Waals surface area contributed by atoms with E-state index in [2.05, 4.69) is 10.3 Å². The molecule has 0 saturated carbocycles. The summed E-state index contributed by atoms with van der Waals surface area (Å²) in [5.41, 5.74) is 3.17. The Morgan fingerprint density at radius 3 is 2.52 bits per heavy atom. The Morgan fingerprint density at radius 1 is 1.04 bits per heavy atom. The van der Waals surface area contributed by atoms with E-state index in [1.807, 2.05) is 30.5 Å². The van der Waals surface area contributed by atoms with Gasteiger partial charge >= 0.3 is 5.97 Å². The minimum absolute atomic E-state index is 0.0444. The average Bonchev–Trinajstić information content (AvgIpc) is 3.08. The van der Waals surface area contributed by atoms with Crippen molar-refractivity contribution in [1.29, 1.82) is 0 Å². The summed E-state index contributed by atoms with van der Waals surface area (Å²) in [5, 5.41) is 3.71. The van der Waals surface area contributed by atoms with E-state index in [0.717, 1.165) is 16.5 Å². The van der Waals surface area contributed by atoms with E-state index < -0.39 is 11.9 Å². The van der Waals surface area contributed by atoms with E-state index >= 15 is 0 Å². The van der Waals surface area contributed by atoms with Gasteiger partial charge in [-0.1, -0.05) is 18.2 Å². The van der Waals surface area contributed by atoms with Crippen LogP contribution in [0.4, 0.5) is 5.69 Å². The highest BCUT2D eigenvalue weighted by molar-refractivity contribution is 5.96. The highest BCUT2D eigenvalue weighted by atomic mass is 16.5. The van der Waals surface area contributed by atoms with Crippen LogP contribution in [0.3, 0.4) is 0 Å². The molecule has 1 amide bonds. The van der Waals surface area contributed by atoms with Crippen LogP contribution in [0.2, 0.25) is 0 Å². The van der Waals surface area contributed by atoms with Gasteiger partial charge in [0.2, 0.25) is 0 Å². The molecule has 0 aliphatic heterocycles. The Morgan fingerprint density at radius 2 is 1.78 bits per heavy atom. The van der Waals surface area contributed by atoms with Crippen LogP contribution in [0.5, 0.6) is 0 Å². The fraction of sp³-hybridized carbons (Fsp3) is 0.190. The molecule has 0 unspecified atom stereocenters. The zero-order valence-electron chi connectivity index (χ0n) is 15.0. The molecule has 138 valence electrons. The van der Waals surface area contributed by atoms with Crippen molar-refractivity contribution in [3.05, 3.63) is 65.9 Å². The predicted octanol–water partition coefficient (Wildman–Crippen LogP) is 3.49. The van der Waals surface area contributed by atoms with Crippen molar-refractivity contribution < 1.29 is 19.1 Å². The van der Waals surface area contributed by atoms with Gasteiger partial charge in [-0.05, 0) is 49.2 Å². The van der Waals surface area contributed by atoms with Crippen LogP contribution in [0.1, 0.15) is 29.3 Å². The Balaban J connectivity index is 1.44. The third kappa shape index (κ3) is 4.82. The first-order chi connectivity index (χ1) is 13.0. The highest BCUT2D eigenvalue weighted by Crippen LogP contribution is 2.19. The summed E-state index contributed by atoms with van der Waals surface area (Å²) >= 11 is 0. The summed E-state index contributed by atoms with van der Waals surface area (Å²) in [7, 11) is 0. The molecule has 1 aromatic heterocycles. The number of Topliss-reactive ketones (excluding diaryl/α,β-unsaturated/α-hetero) is 1. The van der Waals surface area contributed by atoms with E-state index in [0.29, 0.717) is 17.7 Å². The SMILES string of the molecule is CC(=O)c1ccc(NC(=O)COC(=O)CCc2c[nH]c3ccccc23)cc1. The largest absolute Gasteiger partial charge is 0.456 e. The minimum atomic E-state index is -0.428. The molecular formula is C21H20N2O4. The number of amides is 1. The van der Waals surface area contributed by atoms with Crippen molar-refractivity contribution in [2.45, 2.75) is 19.8 Å². The second kappa shape index (κ2) is 8.31. The normalized spacial score (nSPS) is 10.6. The molecule has 2 aromatic carbocycles. The van der Waals surface area contributed by atoms with Crippen molar-refractivity contribution in [3.63, 3.8) is 0 Å². The van der Waals surface area contributed by atoms with Gasteiger partial charge in [0.05, 0.1) is 0 Å². The van der Waals surface area contributed by atoms with E-state index in [9.17, 15) is 14.4 Å². The molecule has 0 bridgehead atoms. The lowest BCUT2D eigenvalue weighted by molar-refractivity contribution is -0.147. The van der Waals surface area contributed by atoms with Crippen LogP contribution in [0.25, 0.3) is 10.9 Å². The number of anilines is 1. The van der Waals surface area contributed by atoms with Crippen molar-refractivity contribution in [2.24, 2.45) is 0 Å². The summed E-state index contributed by atoms with van der Waals surface area (Å²) in [6.45, 7) is 1.13. The van der Waals surface area contributed by atoms with Crippen molar-refractivity contribution in [1.82, 2.24) is 4.98 Å². The monoisotopic (exact) mass is 364 g/mol. The minimum Gasteiger partial charge on any atom is -0.456 e. The zero-order valence-corrected chi connectivity index (χ0v) is 15.0. The van der Waals surface area contributed by atoms with Gasteiger partial charge in [-0.2, -0.15) is 0 Å². The molecular weight excluding hydrogens is 344 g/mol. The molecule has 0 fully saturated rings. The average molecular weight is 364 g/mol. The molecule has 1 heterocycles. The third-order valence-corrected chi connectivity index (χ3v) is 4.21. The van der Waals surface area contributed by atoms with Gasteiger partial charge in [-0.15, -0.1) is 0 Å². The Labute approximate surface area is 156 Å². The molecule has 6 heteroatoms. The van der Waals surface area contributed by atoms with Crippen LogP contribution < -0.4 is 5.32 Å². The number of fused-ring (bicyclic) bond motifs is 1. The molecule has 0 atom stereocenters. The van der Waals surface area contributed by atoms with Crippen molar-refractivity contribution >= 4 is 34.3 Å². The van der Waals surface area contributed by atoms with Gasteiger partial charge in [-0.3, -0.25) is 14.4 Å². The Hall–Kier alpha value is -3.41. The number of hydrogen-bond donors (Lipinski definition) is 2. The fourth-order valence-corrected chi connectivity index (χ4v) is 2.78. The molecule has 2 N–H and O–H groups in total. The second-order valence-electron chi connectivity index (χ2n) is 6.20. The first-order valence-corrected chi connectivity index (χ1v) is 8.64. The maximum atomic E-state index is 11.9. The van der Waals surface area contributed by atoms with Gasteiger partial charge in [0.25, 0.3) is 5.91 Å². The number of hydrogen-bond acceptors (Lipinski definition) is 4. The quantitative estimate of drug-likeness (QED) is 0.496. The van der Waals surface area contributed by atoms with Crippen LogP contribution in [-0.2, 0) is 20.7 Å². The number of nitrogens with one attached hydrogen (secondary N) is 2. The predicted molar refractivity (Wildman–Crippen MR) is 103 cm³/mol. The summed E-state index contributed by atoms with van der Waals surface area (Å²) in [5.74, 6) is -0.898. The lowest BCUT2D eigenvalue weighted by atomic mass is 10.1. The smallest absolute Gasteiger partial charge is 0.306 e. The number of benzene rings is 2. The van der Waals surface area contributed by atoms with E-state index in [1.54, 1.807) is 24.3 Å². The van der Waals surface area contributed by atoms with Crippen molar-refractivity contribution in [2.75, 3.05) is 11.9 Å². The number of esters is 1. The van der Waals surface area contributed by atoms with Crippen LogP contribution >= 0.6 is 0 Å². The number of carbonyl (C=O) groups excluding carboxylic acids is 3.